The van der Waals surface area contributed by atoms with Crippen LogP contribution in [0.2, 0.25) is 0 Å². The lowest BCUT2D eigenvalue weighted by molar-refractivity contribution is 0.318. The Balaban J connectivity index is 2.31. The highest BCUT2D eigenvalue weighted by Gasteiger charge is 2.31. The Hall–Kier alpha value is -1.30. The quantitative estimate of drug-likeness (QED) is 0.353. The van der Waals surface area contributed by atoms with E-state index in [4.69, 9.17) is 10.9 Å². The topological polar surface area (TPSA) is 61.8 Å². The number of nitrogens with two attached hydrogens (primary N) is 1. The lowest BCUT2D eigenvalue weighted by Crippen LogP contribution is -2.29. The van der Waals surface area contributed by atoms with Crippen LogP contribution >= 0.6 is 15.9 Å². The molecule has 0 atom stereocenters. The monoisotopic (exact) mass is 357 g/mol. The molecule has 0 saturated heterocycles. The van der Waals surface area contributed by atoms with Gasteiger partial charge in [0, 0.05) is 18.2 Å². The van der Waals surface area contributed by atoms with Crippen molar-refractivity contribution in [3.05, 3.63) is 28.0 Å². The van der Waals surface area contributed by atoms with Crippen molar-refractivity contribution in [2.75, 3.05) is 11.4 Å². The molecule has 1 aliphatic carbocycles. The molecule has 1 aromatic carbocycles. The number of hydrogen-bond acceptors (Lipinski definition) is 3. The molecule has 0 heterocycles. The standard InChI is InChI=1S/C15H21BrFN3O/c1-9(2)7-8-20(10-3-4-10)12-6-5-11(15(18)19-21)13(16)14(12)17/h5-6,9-10,21H,3-4,7-8H2,1-2H3,(H2,18,19). The minimum Gasteiger partial charge on any atom is -0.409 e. The summed E-state index contributed by atoms with van der Waals surface area (Å²) >= 11 is 3.22. The molecule has 1 saturated carbocycles. The predicted octanol–water partition coefficient (Wildman–Crippen LogP) is 3.70. The zero-order valence-corrected chi connectivity index (χ0v) is 13.9. The van der Waals surface area contributed by atoms with Gasteiger partial charge in [-0.3, -0.25) is 0 Å². The summed E-state index contributed by atoms with van der Waals surface area (Å²) in [4.78, 5) is 2.14. The van der Waals surface area contributed by atoms with Crippen LogP contribution in [0.5, 0.6) is 0 Å². The van der Waals surface area contributed by atoms with Gasteiger partial charge in [0.15, 0.2) is 11.7 Å². The van der Waals surface area contributed by atoms with Gasteiger partial charge in [0.05, 0.1) is 10.2 Å². The molecular weight excluding hydrogens is 337 g/mol. The smallest absolute Gasteiger partial charge is 0.171 e. The molecule has 2 rings (SSSR count). The van der Waals surface area contributed by atoms with E-state index in [1.165, 1.54) is 0 Å². The van der Waals surface area contributed by atoms with E-state index in [2.05, 4.69) is 39.8 Å². The van der Waals surface area contributed by atoms with Crippen molar-refractivity contribution >= 4 is 27.5 Å². The second kappa shape index (κ2) is 6.64. The molecule has 1 aromatic rings. The third-order valence-corrected chi connectivity index (χ3v) is 4.47. The van der Waals surface area contributed by atoms with E-state index in [1.807, 2.05) is 0 Å². The Morgan fingerprint density at radius 2 is 2.19 bits per heavy atom. The highest BCUT2D eigenvalue weighted by Crippen LogP contribution is 2.36. The average molecular weight is 358 g/mol. The van der Waals surface area contributed by atoms with E-state index < -0.39 is 0 Å². The highest BCUT2D eigenvalue weighted by molar-refractivity contribution is 9.10. The number of amidine groups is 1. The first kappa shape index (κ1) is 16.1. The second-order valence-corrected chi connectivity index (χ2v) is 6.65. The van der Waals surface area contributed by atoms with Crippen LogP contribution in [0.25, 0.3) is 0 Å². The summed E-state index contributed by atoms with van der Waals surface area (Å²) in [6.07, 6.45) is 3.24. The Bertz CT molecular complexity index is 544. The predicted molar refractivity (Wildman–Crippen MR) is 86.4 cm³/mol. The number of benzene rings is 1. The van der Waals surface area contributed by atoms with E-state index in [-0.39, 0.29) is 16.1 Å². The molecule has 3 N–H and O–H groups in total. The van der Waals surface area contributed by atoms with E-state index in [0.717, 1.165) is 25.8 Å². The Labute approximate surface area is 132 Å². The van der Waals surface area contributed by atoms with Crippen molar-refractivity contribution in [2.45, 2.75) is 39.2 Å². The van der Waals surface area contributed by atoms with Gasteiger partial charge >= 0.3 is 0 Å². The fourth-order valence-electron chi connectivity index (χ4n) is 2.30. The van der Waals surface area contributed by atoms with E-state index in [0.29, 0.717) is 23.2 Å². The minimum absolute atomic E-state index is 0.104. The number of hydrogen-bond donors (Lipinski definition) is 2. The van der Waals surface area contributed by atoms with Gasteiger partial charge in [-0.05, 0) is 53.2 Å². The fourth-order valence-corrected chi connectivity index (χ4v) is 2.83. The lowest BCUT2D eigenvalue weighted by atomic mass is 10.1. The number of rotatable bonds is 6. The first-order chi connectivity index (χ1) is 9.95. The Morgan fingerprint density at radius 1 is 1.52 bits per heavy atom. The van der Waals surface area contributed by atoms with Crippen LogP contribution in [0, 0.1) is 11.7 Å². The van der Waals surface area contributed by atoms with Gasteiger partial charge in [-0.15, -0.1) is 0 Å². The van der Waals surface area contributed by atoms with E-state index in [9.17, 15) is 4.39 Å². The lowest BCUT2D eigenvalue weighted by Gasteiger charge is -2.26. The van der Waals surface area contributed by atoms with Crippen LogP contribution in [0.4, 0.5) is 10.1 Å². The van der Waals surface area contributed by atoms with Gasteiger partial charge in [0.25, 0.3) is 0 Å². The van der Waals surface area contributed by atoms with Crippen molar-refractivity contribution in [1.82, 2.24) is 0 Å². The van der Waals surface area contributed by atoms with E-state index >= 15 is 0 Å². The molecular formula is C15H21BrFN3O. The largest absolute Gasteiger partial charge is 0.409 e. The molecule has 0 amide bonds. The molecule has 6 heteroatoms. The fraction of sp³-hybridized carbons (Fsp3) is 0.533. The van der Waals surface area contributed by atoms with Crippen molar-refractivity contribution in [2.24, 2.45) is 16.8 Å². The van der Waals surface area contributed by atoms with Crippen molar-refractivity contribution < 1.29 is 9.60 Å². The number of nitrogens with zero attached hydrogens (tertiary/aromatic N) is 2. The van der Waals surface area contributed by atoms with Crippen LogP contribution in [-0.4, -0.2) is 23.6 Å². The van der Waals surface area contributed by atoms with Gasteiger partial charge in [-0.25, -0.2) is 4.39 Å². The van der Waals surface area contributed by atoms with Crippen LogP contribution < -0.4 is 10.6 Å². The molecule has 0 aromatic heterocycles. The van der Waals surface area contributed by atoms with Crippen LogP contribution in [-0.2, 0) is 0 Å². The normalized spacial score (nSPS) is 15.6. The summed E-state index contributed by atoms with van der Waals surface area (Å²) < 4.78 is 14.9. The molecule has 116 valence electrons. The third-order valence-electron chi connectivity index (χ3n) is 3.69. The van der Waals surface area contributed by atoms with E-state index in [1.54, 1.807) is 12.1 Å². The van der Waals surface area contributed by atoms with Crippen LogP contribution in [0.3, 0.4) is 0 Å². The average Bonchev–Trinajstić information content (AvgIpc) is 3.27. The molecule has 0 aliphatic heterocycles. The number of anilines is 1. The maximum atomic E-state index is 14.6. The molecule has 0 spiro atoms. The van der Waals surface area contributed by atoms with Crippen molar-refractivity contribution in [3.8, 4) is 0 Å². The summed E-state index contributed by atoms with van der Waals surface area (Å²) in [6, 6.07) is 3.83. The molecule has 1 aliphatic rings. The minimum atomic E-state index is -0.352. The highest BCUT2D eigenvalue weighted by atomic mass is 79.9. The van der Waals surface area contributed by atoms with Gasteiger partial charge in [-0.1, -0.05) is 19.0 Å². The third kappa shape index (κ3) is 3.67. The number of halogens is 2. The molecule has 1 fully saturated rings. The Kier molecular flexibility index (Phi) is 5.08. The summed E-state index contributed by atoms with van der Waals surface area (Å²) in [5, 5.41) is 11.7. The second-order valence-electron chi connectivity index (χ2n) is 5.85. The van der Waals surface area contributed by atoms with Crippen LogP contribution in [0.1, 0.15) is 38.7 Å². The molecule has 4 nitrogen and oxygen atoms in total. The summed E-state index contributed by atoms with van der Waals surface area (Å²) in [7, 11) is 0. The SMILES string of the molecule is CC(C)CCN(c1ccc(/C(N)=N/O)c(Br)c1F)C1CC1. The van der Waals surface area contributed by atoms with Crippen LogP contribution in [0.15, 0.2) is 21.8 Å². The maximum Gasteiger partial charge on any atom is 0.171 e. The molecule has 0 radical (unpaired) electrons. The zero-order chi connectivity index (χ0) is 15.6. The summed E-state index contributed by atoms with van der Waals surface area (Å²) in [5.41, 5.74) is 6.49. The van der Waals surface area contributed by atoms with Gasteiger partial charge in [0.2, 0.25) is 0 Å². The maximum absolute atomic E-state index is 14.6. The molecule has 21 heavy (non-hydrogen) atoms. The summed E-state index contributed by atoms with van der Waals surface area (Å²) in [5.74, 6) is 0.122. The van der Waals surface area contributed by atoms with Crippen molar-refractivity contribution in [1.29, 1.82) is 0 Å². The first-order valence-electron chi connectivity index (χ1n) is 7.18. The Morgan fingerprint density at radius 3 is 2.71 bits per heavy atom. The van der Waals surface area contributed by atoms with Crippen molar-refractivity contribution in [3.63, 3.8) is 0 Å². The van der Waals surface area contributed by atoms with Gasteiger partial charge < -0.3 is 15.8 Å². The molecule has 0 unspecified atom stereocenters. The molecule has 0 bridgehead atoms. The summed E-state index contributed by atoms with van der Waals surface area (Å²) in [6.45, 7) is 5.17. The van der Waals surface area contributed by atoms with Gasteiger partial charge in [-0.2, -0.15) is 0 Å². The zero-order valence-electron chi connectivity index (χ0n) is 12.3. The van der Waals surface area contributed by atoms with Gasteiger partial charge in [0.1, 0.15) is 0 Å². The number of oxime groups is 1. The first-order valence-corrected chi connectivity index (χ1v) is 7.97.